The fourth-order valence-electron chi connectivity index (χ4n) is 2.15. The highest BCUT2D eigenvalue weighted by atomic mass is 35.5. The van der Waals surface area contributed by atoms with Crippen LogP contribution in [0.3, 0.4) is 0 Å². The largest absolute Gasteiger partial charge is 0.496 e. The van der Waals surface area contributed by atoms with E-state index in [9.17, 15) is 0 Å². The summed E-state index contributed by atoms with van der Waals surface area (Å²) in [5.74, 6) is 0.876. The first-order valence-electron chi connectivity index (χ1n) is 6.20. The van der Waals surface area contributed by atoms with E-state index in [1.807, 2.05) is 12.1 Å². The summed E-state index contributed by atoms with van der Waals surface area (Å²) in [6.45, 7) is 0. The van der Waals surface area contributed by atoms with Gasteiger partial charge in [-0.05, 0) is 35.9 Å². The molecule has 21 heavy (non-hydrogen) atoms. The Labute approximate surface area is 126 Å². The van der Waals surface area contributed by atoms with Gasteiger partial charge in [-0.3, -0.25) is 4.98 Å². The number of hydrogen-bond acceptors (Lipinski definition) is 5. The first kappa shape index (κ1) is 13.5. The van der Waals surface area contributed by atoms with Crippen LogP contribution >= 0.6 is 11.6 Å². The minimum absolute atomic E-state index is 0.234. The fourth-order valence-corrected chi connectivity index (χ4v) is 2.32. The minimum Gasteiger partial charge on any atom is -0.496 e. The van der Waals surface area contributed by atoms with Gasteiger partial charge in [-0.1, -0.05) is 16.8 Å². The number of nitrogens with zero attached hydrogens (tertiary/aromatic N) is 2. The Morgan fingerprint density at radius 1 is 1.19 bits per heavy atom. The molecule has 0 spiro atoms. The molecule has 0 aliphatic heterocycles. The van der Waals surface area contributed by atoms with E-state index >= 15 is 0 Å². The van der Waals surface area contributed by atoms with Crippen LogP contribution in [0.15, 0.2) is 47.2 Å². The Morgan fingerprint density at radius 2 is 1.95 bits per heavy atom. The second kappa shape index (κ2) is 5.46. The van der Waals surface area contributed by atoms with Crippen molar-refractivity contribution in [2.75, 3.05) is 12.8 Å². The number of anilines is 1. The molecule has 2 aromatic heterocycles. The molecule has 6 heteroatoms. The number of aromatic nitrogens is 2. The van der Waals surface area contributed by atoms with Crippen molar-refractivity contribution in [3.63, 3.8) is 0 Å². The zero-order valence-corrected chi connectivity index (χ0v) is 12.0. The molecule has 2 heterocycles. The third kappa shape index (κ3) is 2.43. The molecular formula is C15H12ClN3O2. The van der Waals surface area contributed by atoms with Gasteiger partial charge in [-0.15, -0.1) is 0 Å². The number of nitrogens with two attached hydrogens (primary N) is 1. The Morgan fingerprint density at radius 3 is 2.67 bits per heavy atom. The highest BCUT2D eigenvalue weighted by Gasteiger charge is 2.20. The summed E-state index contributed by atoms with van der Waals surface area (Å²) in [6, 6.07) is 8.97. The van der Waals surface area contributed by atoms with Gasteiger partial charge >= 0.3 is 0 Å². The third-order valence-corrected chi connectivity index (χ3v) is 3.34. The molecule has 2 N–H and O–H groups in total. The summed E-state index contributed by atoms with van der Waals surface area (Å²) in [4.78, 5) is 4.00. The third-order valence-electron chi connectivity index (χ3n) is 3.10. The summed E-state index contributed by atoms with van der Waals surface area (Å²) in [7, 11) is 1.59. The van der Waals surface area contributed by atoms with Gasteiger partial charge in [0.2, 0.25) is 5.88 Å². The predicted molar refractivity (Wildman–Crippen MR) is 81.1 cm³/mol. The Balaban J connectivity index is 2.24. The summed E-state index contributed by atoms with van der Waals surface area (Å²) >= 11 is 6.07. The molecule has 0 atom stereocenters. The van der Waals surface area contributed by atoms with Crippen molar-refractivity contribution in [1.29, 1.82) is 0 Å². The van der Waals surface area contributed by atoms with Crippen LogP contribution in [0.1, 0.15) is 0 Å². The molecule has 0 bridgehead atoms. The van der Waals surface area contributed by atoms with Gasteiger partial charge in [0.25, 0.3) is 0 Å². The molecular weight excluding hydrogens is 290 g/mol. The zero-order valence-electron chi connectivity index (χ0n) is 11.2. The summed E-state index contributed by atoms with van der Waals surface area (Å²) in [5.41, 5.74) is 8.77. The van der Waals surface area contributed by atoms with E-state index in [1.165, 1.54) is 0 Å². The molecule has 106 valence electrons. The highest BCUT2D eigenvalue weighted by molar-refractivity contribution is 6.31. The number of benzene rings is 1. The molecule has 3 rings (SSSR count). The Bertz CT molecular complexity index is 772. The molecule has 1 aromatic carbocycles. The normalized spacial score (nSPS) is 10.6. The van der Waals surface area contributed by atoms with Crippen LogP contribution in [0.25, 0.3) is 22.4 Å². The van der Waals surface area contributed by atoms with E-state index < -0.39 is 0 Å². The van der Waals surface area contributed by atoms with Crippen molar-refractivity contribution in [3.05, 3.63) is 47.7 Å². The van der Waals surface area contributed by atoms with Gasteiger partial charge in [0.05, 0.1) is 12.7 Å². The van der Waals surface area contributed by atoms with Crippen molar-refractivity contribution in [2.45, 2.75) is 0 Å². The molecule has 0 unspecified atom stereocenters. The lowest BCUT2D eigenvalue weighted by Crippen LogP contribution is -1.91. The molecule has 0 saturated carbocycles. The number of nitrogen functional groups attached to an aromatic ring is 1. The number of rotatable bonds is 3. The van der Waals surface area contributed by atoms with E-state index in [0.717, 1.165) is 11.1 Å². The van der Waals surface area contributed by atoms with Crippen LogP contribution in [0.2, 0.25) is 5.02 Å². The second-order valence-electron chi connectivity index (χ2n) is 4.35. The van der Waals surface area contributed by atoms with Crippen LogP contribution in [-0.2, 0) is 0 Å². The highest BCUT2D eigenvalue weighted by Crippen LogP contribution is 2.40. The van der Waals surface area contributed by atoms with Crippen molar-refractivity contribution < 1.29 is 9.26 Å². The Hall–Kier alpha value is -2.53. The van der Waals surface area contributed by atoms with Gasteiger partial charge < -0.3 is 15.0 Å². The maximum atomic E-state index is 6.07. The van der Waals surface area contributed by atoms with E-state index in [1.54, 1.807) is 37.7 Å². The van der Waals surface area contributed by atoms with Crippen molar-refractivity contribution in [2.24, 2.45) is 0 Å². The van der Waals surface area contributed by atoms with Crippen molar-refractivity contribution in [3.8, 4) is 28.1 Å². The average Bonchev–Trinajstić information content (AvgIpc) is 2.89. The molecule has 0 radical (unpaired) electrons. The lowest BCUT2D eigenvalue weighted by Gasteiger charge is -2.08. The molecule has 0 aliphatic carbocycles. The Kier molecular flexibility index (Phi) is 3.50. The van der Waals surface area contributed by atoms with Crippen LogP contribution in [-0.4, -0.2) is 17.3 Å². The molecule has 0 fully saturated rings. The lowest BCUT2D eigenvalue weighted by molar-refractivity contribution is 0.414. The van der Waals surface area contributed by atoms with Gasteiger partial charge in [0.15, 0.2) is 0 Å². The number of ether oxygens (including phenoxy) is 1. The quantitative estimate of drug-likeness (QED) is 0.799. The van der Waals surface area contributed by atoms with Crippen LogP contribution < -0.4 is 10.5 Å². The SMILES string of the molecule is COc1ccc(Cl)cc1-c1noc(N)c1-c1ccncc1. The predicted octanol–water partition coefficient (Wildman–Crippen LogP) is 3.65. The van der Waals surface area contributed by atoms with Crippen LogP contribution in [0, 0.1) is 0 Å². The number of halogens is 1. The minimum atomic E-state index is 0.234. The number of methoxy groups -OCH3 is 1. The topological polar surface area (TPSA) is 74.2 Å². The monoisotopic (exact) mass is 301 g/mol. The standard InChI is InChI=1S/C15H12ClN3O2/c1-20-12-3-2-10(16)8-11(12)14-13(15(17)21-19-14)9-4-6-18-7-5-9/h2-8H,17H2,1H3. The van der Waals surface area contributed by atoms with Gasteiger partial charge in [-0.2, -0.15) is 0 Å². The van der Waals surface area contributed by atoms with Gasteiger partial charge in [-0.25, -0.2) is 0 Å². The summed E-state index contributed by atoms with van der Waals surface area (Å²) in [6.07, 6.45) is 3.36. The molecule has 0 saturated heterocycles. The molecule has 0 aliphatic rings. The van der Waals surface area contributed by atoms with Crippen LogP contribution in [0.4, 0.5) is 5.88 Å². The lowest BCUT2D eigenvalue weighted by atomic mass is 10.0. The van der Waals surface area contributed by atoms with Gasteiger partial charge in [0, 0.05) is 23.0 Å². The number of hydrogen-bond donors (Lipinski definition) is 1. The second-order valence-corrected chi connectivity index (χ2v) is 4.79. The maximum Gasteiger partial charge on any atom is 0.230 e. The summed E-state index contributed by atoms with van der Waals surface area (Å²) < 4.78 is 10.5. The molecule has 0 amide bonds. The van der Waals surface area contributed by atoms with Crippen molar-refractivity contribution in [1.82, 2.24) is 10.1 Å². The summed E-state index contributed by atoms with van der Waals surface area (Å²) in [5, 5.41) is 4.63. The first-order chi connectivity index (χ1) is 10.2. The zero-order chi connectivity index (χ0) is 14.8. The molecule has 3 aromatic rings. The fraction of sp³-hybridized carbons (Fsp3) is 0.0667. The molecule has 5 nitrogen and oxygen atoms in total. The van der Waals surface area contributed by atoms with E-state index in [2.05, 4.69) is 10.1 Å². The van der Waals surface area contributed by atoms with Gasteiger partial charge in [0.1, 0.15) is 11.4 Å². The first-order valence-corrected chi connectivity index (χ1v) is 6.58. The van der Waals surface area contributed by atoms with E-state index in [0.29, 0.717) is 22.0 Å². The van der Waals surface area contributed by atoms with Crippen LogP contribution in [0.5, 0.6) is 5.75 Å². The van der Waals surface area contributed by atoms with E-state index in [-0.39, 0.29) is 5.88 Å². The van der Waals surface area contributed by atoms with E-state index in [4.69, 9.17) is 26.6 Å². The average molecular weight is 302 g/mol. The number of pyridine rings is 1. The maximum absolute atomic E-state index is 6.07. The van der Waals surface area contributed by atoms with Crippen molar-refractivity contribution >= 4 is 17.5 Å². The smallest absolute Gasteiger partial charge is 0.230 e.